The van der Waals surface area contributed by atoms with Gasteiger partial charge in [-0.05, 0) is 24.3 Å². The third-order valence-electron chi connectivity index (χ3n) is 5.12. The maximum Gasteiger partial charge on any atom is 0.338 e. The van der Waals surface area contributed by atoms with Gasteiger partial charge in [0.2, 0.25) is 0 Å². The molecule has 0 aliphatic carbocycles. The smallest absolute Gasteiger partial charge is 0.338 e. The second kappa shape index (κ2) is 9.55. The van der Waals surface area contributed by atoms with Crippen LogP contribution in [-0.4, -0.2) is 77.0 Å². The van der Waals surface area contributed by atoms with E-state index in [1.165, 1.54) is 45.6 Å². The minimum atomic E-state index is -0.643. The van der Waals surface area contributed by atoms with Crippen molar-refractivity contribution in [3.63, 3.8) is 0 Å². The Morgan fingerprint density at radius 2 is 1.30 bits per heavy atom. The number of phenolic OH excluding ortho intramolecular Hbond substituents is 1. The third kappa shape index (κ3) is 5.12. The van der Waals surface area contributed by atoms with Gasteiger partial charge in [-0.25, -0.2) is 9.59 Å². The average Bonchev–Trinajstić information content (AvgIpc) is 3.74. The van der Waals surface area contributed by atoms with Crippen LogP contribution < -0.4 is 14.2 Å². The fraction of sp³-hybridized carbons (Fsp3) is 0.391. The largest absolute Gasteiger partial charge is 0.504 e. The Kier molecular flexibility index (Phi) is 6.57. The van der Waals surface area contributed by atoms with Crippen LogP contribution in [0.15, 0.2) is 24.3 Å². The summed E-state index contributed by atoms with van der Waals surface area (Å²) < 4.78 is 37.0. The number of benzene rings is 2. The Bertz CT molecular complexity index is 1060. The number of hydrogen-bond acceptors (Lipinski definition) is 10. The van der Waals surface area contributed by atoms with Crippen molar-refractivity contribution in [2.24, 2.45) is 0 Å². The highest BCUT2D eigenvalue weighted by Gasteiger charge is 2.28. The van der Waals surface area contributed by atoms with Gasteiger partial charge < -0.3 is 38.3 Å². The summed E-state index contributed by atoms with van der Waals surface area (Å²) in [5, 5.41) is 10.6. The molecule has 2 fully saturated rings. The topological polar surface area (TPSA) is 126 Å². The summed E-state index contributed by atoms with van der Waals surface area (Å²) in [6.07, 6.45) is -0.192. The second-order valence-electron chi connectivity index (χ2n) is 7.44. The van der Waals surface area contributed by atoms with Gasteiger partial charge in [-0.2, -0.15) is 0 Å². The lowest BCUT2D eigenvalue weighted by Gasteiger charge is -2.18. The third-order valence-corrected chi connectivity index (χ3v) is 5.12. The number of carbonyl (C=O) groups is 2. The van der Waals surface area contributed by atoms with Gasteiger partial charge >= 0.3 is 11.9 Å². The zero-order valence-corrected chi connectivity index (χ0v) is 18.4. The molecule has 2 aliphatic rings. The molecule has 2 aliphatic heterocycles. The summed E-state index contributed by atoms with van der Waals surface area (Å²) in [6.45, 7) is 1.35. The fourth-order valence-electron chi connectivity index (χ4n) is 3.26. The maximum absolute atomic E-state index is 12.6. The molecule has 176 valence electrons. The van der Waals surface area contributed by atoms with Crippen LogP contribution in [0.1, 0.15) is 20.7 Å². The molecule has 1 N–H and O–H groups in total. The van der Waals surface area contributed by atoms with Gasteiger partial charge in [0.25, 0.3) is 0 Å². The van der Waals surface area contributed by atoms with Crippen molar-refractivity contribution in [3.05, 3.63) is 35.4 Å². The molecule has 33 heavy (non-hydrogen) atoms. The van der Waals surface area contributed by atoms with Gasteiger partial charge in [0.15, 0.2) is 23.0 Å². The van der Waals surface area contributed by atoms with Crippen molar-refractivity contribution in [2.45, 2.75) is 12.2 Å². The summed E-state index contributed by atoms with van der Waals surface area (Å²) in [7, 11) is 4.24. The highest BCUT2D eigenvalue weighted by molar-refractivity contribution is 5.97. The van der Waals surface area contributed by atoms with Crippen molar-refractivity contribution in [1.82, 2.24) is 0 Å². The molecule has 4 rings (SSSR count). The highest BCUT2D eigenvalue weighted by Crippen LogP contribution is 2.46. The molecule has 0 aromatic heterocycles. The van der Waals surface area contributed by atoms with E-state index < -0.39 is 11.9 Å². The molecule has 2 atom stereocenters. The Morgan fingerprint density at radius 1 is 0.818 bits per heavy atom. The standard InChI is InChI=1S/C23H24O10/c1-27-19-7-13(23(26)33-11-15-9-31-15)5-17(21(19)29-3)16-4-12(6-18(24)20(16)28-2)22(25)32-10-14-8-30-14/h4-7,14-15,24H,8-11H2,1-3H3. The van der Waals surface area contributed by atoms with Crippen molar-refractivity contribution in [2.75, 3.05) is 47.8 Å². The molecule has 0 radical (unpaired) electrons. The van der Waals surface area contributed by atoms with Crippen LogP contribution in [0.25, 0.3) is 11.1 Å². The van der Waals surface area contributed by atoms with Crippen LogP contribution in [0.3, 0.4) is 0 Å². The lowest BCUT2D eigenvalue weighted by molar-refractivity contribution is 0.0468. The number of aromatic hydroxyl groups is 1. The number of hydrogen-bond donors (Lipinski definition) is 1. The van der Waals surface area contributed by atoms with Crippen molar-refractivity contribution >= 4 is 11.9 Å². The monoisotopic (exact) mass is 460 g/mol. The molecule has 2 saturated heterocycles. The summed E-state index contributed by atoms with van der Waals surface area (Å²) in [5.74, 6) is -0.912. The van der Waals surface area contributed by atoms with E-state index in [4.69, 9.17) is 33.2 Å². The van der Waals surface area contributed by atoms with E-state index in [-0.39, 0.29) is 59.5 Å². The van der Waals surface area contributed by atoms with E-state index in [1.807, 2.05) is 0 Å². The van der Waals surface area contributed by atoms with Gasteiger partial charge in [0, 0.05) is 11.1 Å². The predicted octanol–water partition coefficient (Wildman–Crippen LogP) is 2.20. The fourth-order valence-corrected chi connectivity index (χ4v) is 3.26. The minimum absolute atomic E-state index is 0.0781. The Hall–Kier alpha value is -3.50. The molecule has 2 aromatic rings. The van der Waals surface area contributed by atoms with Crippen LogP contribution in [0.4, 0.5) is 0 Å². The quantitative estimate of drug-likeness (QED) is 0.416. The molecule has 2 aromatic carbocycles. The number of rotatable bonds is 10. The van der Waals surface area contributed by atoms with Gasteiger partial charge in [0.05, 0.1) is 45.7 Å². The number of esters is 2. The molecule has 0 spiro atoms. The normalized spacial score (nSPS) is 18.3. The van der Waals surface area contributed by atoms with Crippen LogP contribution >= 0.6 is 0 Å². The average molecular weight is 460 g/mol. The highest BCUT2D eigenvalue weighted by atomic mass is 16.6. The first kappa shape index (κ1) is 22.7. The lowest BCUT2D eigenvalue weighted by Crippen LogP contribution is -2.11. The van der Waals surface area contributed by atoms with Crippen molar-refractivity contribution < 1.29 is 47.9 Å². The van der Waals surface area contributed by atoms with Gasteiger partial charge in [-0.1, -0.05) is 0 Å². The Labute approximate surface area is 189 Å². The van der Waals surface area contributed by atoms with E-state index in [0.29, 0.717) is 24.3 Å². The molecular formula is C23H24O10. The summed E-state index contributed by atoms with van der Waals surface area (Å²) >= 11 is 0. The summed E-state index contributed by atoms with van der Waals surface area (Å²) in [5.41, 5.74) is 0.911. The maximum atomic E-state index is 12.6. The Balaban J connectivity index is 1.76. The number of ether oxygens (including phenoxy) is 7. The predicted molar refractivity (Wildman–Crippen MR) is 113 cm³/mol. The summed E-state index contributed by atoms with van der Waals surface area (Å²) in [4.78, 5) is 25.2. The van der Waals surface area contributed by atoms with Gasteiger partial charge in [-0.3, -0.25) is 0 Å². The van der Waals surface area contributed by atoms with E-state index >= 15 is 0 Å². The van der Waals surface area contributed by atoms with Crippen molar-refractivity contribution in [3.8, 4) is 34.1 Å². The van der Waals surface area contributed by atoms with Crippen LogP contribution in [-0.2, 0) is 18.9 Å². The van der Waals surface area contributed by atoms with Crippen LogP contribution in [0.5, 0.6) is 23.0 Å². The van der Waals surface area contributed by atoms with E-state index in [2.05, 4.69) is 0 Å². The second-order valence-corrected chi connectivity index (χ2v) is 7.44. The molecular weight excluding hydrogens is 436 g/mol. The number of epoxide rings is 2. The van der Waals surface area contributed by atoms with Crippen LogP contribution in [0, 0.1) is 0 Å². The molecule has 0 saturated carbocycles. The van der Waals surface area contributed by atoms with Gasteiger partial charge in [0.1, 0.15) is 25.4 Å². The molecule has 2 unspecified atom stereocenters. The van der Waals surface area contributed by atoms with Crippen molar-refractivity contribution in [1.29, 1.82) is 0 Å². The zero-order chi connectivity index (χ0) is 23.5. The molecule has 0 bridgehead atoms. The first-order chi connectivity index (χ1) is 15.9. The minimum Gasteiger partial charge on any atom is -0.504 e. The van der Waals surface area contributed by atoms with E-state index in [1.54, 1.807) is 0 Å². The van der Waals surface area contributed by atoms with E-state index in [9.17, 15) is 14.7 Å². The lowest BCUT2D eigenvalue weighted by atomic mass is 9.97. The van der Waals surface area contributed by atoms with Gasteiger partial charge in [-0.15, -0.1) is 0 Å². The number of phenols is 1. The van der Waals surface area contributed by atoms with Crippen LogP contribution in [0.2, 0.25) is 0 Å². The molecule has 0 amide bonds. The SMILES string of the molecule is COc1cc(C(=O)OCC2CO2)cc(-c2cc(C(=O)OCC3CO3)cc(O)c2OC)c1OC. The Morgan fingerprint density at radius 3 is 1.76 bits per heavy atom. The first-order valence-electron chi connectivity index (χ1n) is 10.2. The molecule has 2 heterocycles. The van der Waals surface area contributed by atoms with E-state index in [0.717, 1.165) is 0 Å². The zero-order valence-electron chi connectivity index (χ0n) is 18.4. The number of methoxy groups -OCH3 is 3. The first-order valence-corrected chi connectivity index (χ1v) is 10.2. The molecule has 10 nitrogen and oxygen atoms in total. The summed E-state index contributed by atoms with van der Waals surface area (Å²) in [6, 6.07) is 5.73. The number of carbonyl (C=O) groups excluding carboxylic acids is 2. The molecule has 10 heteroatoms.